The van der Waals surface area contributed by atoms with Gasteiger partial charge in [0.05, 0.1) is 0 Å². The molecule has 0 aromatic heterocycles. The Labute approximate surface area is 75.6 Å². The molecule has 0 heterocycles. The summed E-state index contributed by atoms with van der Waals surface area (Å²) in [6.07, 6.45) is 3.47. The zero-order chi connectivity index (χ0) is 9.14. The molecule has 1 aliphatic rings. The molecular weight excluding hydrogens is 150 g/mol. The molecule has 1 N–H and O–H groups in total. The third kappa shape index (κ3) is 1.99. The van der Waals surface area contributed by atoms with E-state index in [0.717, 1.165) is 18.9 Å². The quantitative estimate of drug-likeness (QED) is 0.652. The molecule has 1 fully saturated rings. The van der Waals surface area contributed by atoms with Crippen LogP contribution in [0.3, 0.4) is 0 Å². The van der Waals surface area contributed by atoms with Gasteiger partial charge in [0, 0.05) is 12.6 Å². The van der Waals surface area contributed by atoms with E-state index in [-0.39, 0.29) is 6.23 Å². The van der Waals surface area contributed by atoms with Crippen LogP contribution in [0.4, 0.5) is 0 Å². The molecule has 72 valence electrons. The van der Waals surface area contributed by atoms with E-state index < -0.39 is 0 Å². The molecule has 0 bridgehead atoms. The summed E-state index contributed by atoms with van der Waals surface area (Å²) >= 11 is 0. The fraction of sp³-hybridized carbons (Fsp3) is 1.00. The highest BCUT2D eigenvalue weighted by Gasteiger charge is 2.33. The summed E-state index contributed by atoms with van der Waals surface area (Å²) in [5.74, 6) is 0.783. The number of hydrogen-bond donors (Lipinski definition) is 1. The predicted octanol–water partition coefficient (Wildman–Crippen LogP) is 1.84. The maximum atomic E-state index is 9.52. The minimum atomic E-state index is -0.266. The van der Waals surface area contributed by atoms with Gasteiger partial charge in [0.2, 0.25) is 0 Å². The van der Waals surface area contributed by atoms with Crippen molar-refractivity contribution in [3.63, 3.8) is 0 Å². The summed E-state index contributed by atoms with van der Waals surface area (Å²) in [5.41, 5.74) is 0. The van der Waals surface area contributed by atoms with Crippen LogP contribution in [0.15, 0.2) is 0 Å². The highest BCUT2D eigenvalue weighted by atomic mass is 16.3. The van der Waals surface area contributed by atoms with Crippen molar-refractivity contribution >= 4 is 0 Å². The maximum absolute atomic E-state index is 9.52. The first-order valence-corrected chi connectivity index (χ1v) is 5.10. The molecule has 0 aromatic carbocycles. The van der Waals surface area contributed by atoms with Gasteiger partial charge in [0.15, 0.2) is 0 Å². The van der Waals surface area contributed by atoms with Crippen LogP contribution in [0.5, 0.6) is 0 Å². The van der Waals surface area contributed by atoms with Gasteiger partial charge in [-0.3, -0.25) is 4.90 Å². The van der Waals surface area contributed by atoms with Gasteiger partial charge in [-0.25, -0.2) is 0 Å². The molecule has 0 amide bonds. The van der Waals surface area contributed by atoms with E-state index in [4.69, 9.17) is 0 Å². The van der Waals surface area contributed by atoms with E-state index in [1.165, 1.54) is 12.8 Å². The van der Waals surface area contributed by atoms with E-state index in [2.05, 4.69) is 18.7 Å². The van der Waals surface area contributed by atoms with Gasteiger partial charge in [0.1, 0.15) is 6.23 Å². The first-order chi connectivity index (χ1) is 5.66. The molecule has 3 atom stereocenters. The minimum Gasteiger partial charge on any atom is -0.379 e. The average Bonchev–Trinajstić information content (AvgIpc) is 2.01. The number of aliphatic hydroxyl groups excluding tert-OH is 1. The molecule has 0 aromatic rings. The van der Waals surface area contributed by atoms with Crippen molar-refractivity contribution < 1.29 is 5.11 Å². The first-order valence-electron chi connectivity index (χ1n) is 5.10. The predicted molar refractivity (Wildman–Crippen MR) is 50.9 cm³/mol. The van der Waals surface area contributed by atoms with Crippen molar-refractivity contribution in [2.45, 2.75) is 52.3 Å². The van der Waals surface area contributed by atoms with Crippen molar-refractivity contribution in [1.29, 1.82) is 0 Å². The summed E-state index contributed by atoms with van der Waals surface area (Å²) < 4.78 is 0. The van der Waals surface area contributed by atoms with Gasteiger partial charge in [0.25, 0.3) is 0 Å². The Morgan fingerprint density at radius 2 is 2.17 bits per heavy atom. The van der Waals surface area contributed by atoms with Crippen LogP contribution in [0.1, 0.15) is 40.0 Å². The molecule has 1 saturated carbocycles. The summed E-state index contributed by atoms with van der Waals surface area (Å²) in [6.45, 7) is 7.35. The summed E-state index contributed by atoms with van der Waals surface area (Å²) in [7, 11) is 0. The van der Waals surface area contributed by atoms with Crippen LogP contribution >= 0.6 is 0 Å². The molecule has 0 radical (unpaired) electrons. The van der Waals surface area contributed by atoms with Crippen molar-refractivity contribution in [3.8, 4) is 0 Å². The van der Waals surface area contributed by atoms with Gasteiger partial charge < -0.3 is 5.11 Å². The second-order valence-electron chi connectivity index (χ2n) is 3.99. The van der Waals surface area contributed by atoms with Crippen LogP contribution in [0, 0.1) is 5.92 Å². The first kappa shape index (κ1) is 10.0. The number of aliphatic hydroxyl groups is 1. The van der Waals surface area contributed by atoms with Crippen LogP contribution in [0.2, 0.25) is 0 Å². The van der Waals surface area contributed by atoms with E-state index in [1.807, 2.05) is 6.92 Å². The molecular formula is C10H21NO. The van der Waals surface area contributed by atoms with Gasteiger partial charge in [-0.05, 0) is 32.1 Å². The monoisotopic (exact) mass is 171 g/mol. The summed E-state index contributed by atoms with van der Waals surface area (Å²) in [6, 6.07) is 0.643. The highest BCUT2D eigenvalue weighted by molar-refractivity contribution is 4.86. The summed E-state index contributed by atoms with van der Waals surface area (Å²) in [5, 5.41) is 9.52. The molecule has 1 aliphatic carbocycles. The smallest absolute Gasteiger partial charge is 0.104 e. The Hall–Kier alpha value is -0.0800. The normalized spacial score (nSPS) is 31.8. The lowest BCUT2D eigenvalue weighted by Gasteiger charge is -2.44. The third-order valence-electron chi connectivity index (χ3n) is 2.96. The topological polar surface area (TPSA) is 23.5 Å². The fourth-order valence-corrected chi connectivity index (χ4v) is 2.03. The summed E-state index contributed by atoms with van der Waals surface area (Å²) in [4.78, 5) is 2.23. The minimum absolute atomic E-state index is 0.266. The molecule has 0 aliphatic heterocycles. The van der Waals surface area contributed by atoms with Crippen LogP contribution in [-0.4, -0.2) is 28.8 Å². The number of rotatable bonds is 4. The number of nitrogens with zero attached hydrogens (tertiary/aromatic N) is 1. The van der Waals surface area contributed by atoms with Crippen molar-refractivity contribution in [1.82, 2.24) is 4.90 Å². The largest absolute Gasteiger partial charge is 0.379 e. The lowest BCUT2D eigenvalue weighted by Crippen LogP contribution is -2.50. The Balaban J connectivity index is 2.41. The van der Waals surface area contributed by atoms with Crippen molar-refractivity contribution in [2.75, 3.05) is 6.54 Å². The number of hydrogen-bond acceptors (Lipinski definition) is 2. The van der Waals surface area contributed by atoms with E-state index in [1.54, 1.807) is 0 Å². The van der Waals surface area contributed by atoms with Crippen LogP contribution < -0.4 is 0 Å². The SMILES string of the molecule is CCCN(C(C)O)C1CCC1C. The zero-order valence-corrected chi connectivity index (χ0v) is 8.45. The van der Waals surface area contributed by atoms with Gasteiger partial charge in [-0.2, -0.15) is 0 Å². The Bertz CT molecular complexity index is 136. The molecule has 1 rings (SSSR count). The third-order valence-corrected chi connectivity index (χ3v) is 2.96. The molecule has 12 heavy (non-hydrogen) atoms. The van der Waals surface area contributed by atoms with E-state index in [0.29, 0.717) is 6.04 Å². The Morgan fingerprint density at radius 3 is 2.42 bits per heavy atom. The zero-order valence-electron chi connectivity index (χ0n) is 8.45. The van der Waals surface area contributed by atoms with Gasteiger partial charge in [-0.15, -0.1) is 0 Å². The van der Waals surface area contributed by atoms with Crippen LogP contribution in [0.25, 0.3) is 0 Å². The maximum Gasteiger partial charge on any atom is 0.104 e. The van der Waals surface area contributed by atoms with E-state index in [9.17, 15) is 5.11 Å². The lowest BCUT2D eigenvalue weighted by molar-refractivity contribution is -0.0555. The molecule has 3 unspecified atom stereocenters. The fourth-order valence-electron chi connectivity index (χ4n) is 2.03. The second-order valence-corrected chi connectivity index (χ2v) is 3.99. The molecule has 0 saturated heterocycles. The Kier molecular flexibility index (Phi) is 3.53. The van der Waals surface area contributed by atoms with Gasteiger partial charge >= 0.3 is 0 Å². The Morgan fingerprint density at radius 1 is 1.50 bits per heavy atom. The molecule has 2 heteroatoms. The second kappa shape index (κ2) is 4.24. The molecule has 0 spiro atoms. The standard InChI is InChI=1S/C10H21NO/c1-4-7-11(9(3)12)10-6-5-8(10)2/h8-10,12H,4-7H2,1-3H3. The highest BCUT2D eigenvalue weighted by Crippen LogP contribution is 2.32. The average molecular weight is 171 g/mol. The van der Waals surface area contributed by atoms with Crippen LogP contribution in [-0.2, 0) is 0 Å². The van der Waals surface area contributed by atoms with Crippen molar-refractivity contribution in [3.05, 3.63) is 0 Å². The van der Waals surface area contributed by atoms with Gasteiger partial charge in [-0.1, -0.05) is 13.8 Å². The van der Waals surface area contributed by atoms with E-state index >= 15 is 0 Å². The molecule has 2 nitrogen and oxygen atoms in total. The van der Waals surface area contributed by atoms with Crippen molar-refractivity contribution in [2.24, 2.45) is 5.92 Å². The lowest BCUT2D eigenvalue weighted by atomic mass is 9.80.